The van der Waals surface area contributed by atoms with Gasteiger partial charge in [-0.2, -0.15) is 0 Å². The number of benzene rings is 2. The van der Waals surface area contributed by atoms with Crippen molar-refractivity contribution < 1.29 is 13.2 Å². The predicted octanol–water partition coefficient (Wildman–Crippen LogP) is 4.18. The Hall–Kier alpha value is -2.01. The minimum atomic E-state index is -3.59. The van der Waals surface area contributed by atoms with Crippen LogP contribution in [0.4, 0.5) is 5.69 Å². The monoisotopic (exact) mass is 333 g/mol. The number of sulfonamides is 1. The highest BCUT2D eigenvalue weighted by molar-refractivity contribution is 7.92. The van der Waals surface area contributed by atoms with E-state index in [1.165, 1.54) is 0 Å². The molecule has 0 aliphatic heterocycles. The maximum Gasteiger partial charge on any atom is 0.261 e. The molecule has 124 valence electrons. The third-order valence-electron chi connectivity index (χ3n) is 3.45. The summed E-state index contributed by atoms with van der Waals surface area (Å²) in [6.45, 7) is 8.75. The fraction of sp³-hybridized carbons (Fsp3) is 0.333. The largest absolute Gasteiger partial charge is 0.494 e. The molecule has 0 aliphatic rings. The second-order valence-corrected chi connectivity index (χ2v) is 8.02. The molecule has 23 heavy (non-hydrogen) atoms. The summed E-state index contributed by atoms with van der Waals surface area (Å²) in [5, 5.41) is 0. The highest BCUT2D eigenvalue weighted by atomic mass is 32.2. The van der Waals surface area contributed by atoms with Crippen LogP contribution in [0.15, 0.2) is 53.4 Å². The van der Waals surface area contributed by atoms with Crippen LogP contribution in [0.2, 0.25) is 0 Å². The Morgan fingerprint density at radius 3 is 2.00 bits per heavy atom. The number of rotatable bonds is 5. The molecule has 0 atom stereocenters. The van der Waals surface area contributed by atoms with Crippen LogP contribution >= 0.6 is 0 Å². The number of hydrogen-bond donors (Lipinski definition) is 1. The first-order valence-electron chi connectivity index (χ1n) is 7.58. The summed E-state index contributed by atoms with van der Waals surface area (Å²) in [7, 11) is -3.59. The van der Waals surface area contributed by atoms with Gasteiger partial charge in [-0.25, -0.2) is 8.42 Å². The third-order valence-corrected chi connectivity index (χ3v) is 4.85. The van der Waals surface area contributed by atoms with Crippen LogP contribution < -0.4 is 9.46 Å². The standard InChI is InChI=1S/C18H23NO3S/c1-5-22-16-10-8-15(9-11-16)19-23(20,21)17-12-6-14(7-13-17)18(2,3)4/h6-13,19H,5H2,1-4H3. The van der Waals surface area contributed by atoms with E-state index in [0.29, 0.717) is 18.0 Å². The van der Waals surface area contributed by atoms with Crippen LogP contribution in [-0.2, 0) is 15.4 Å². The molecule has 0 fully saturated rings. The quantitative estimate of drug-likeness (QED) is 0.893. The molecule has 0 heterocycles. The fourth-order valence-corrected chi connectivity index (χ4v) is 3.19. The van der Waals surface area contributed by atoms with Gasteiger partial charge in [0.1, 0.15) is 5.75 Å². The van der Waals surface area contributed by atoms with Gasteiger partial charge >= 0.3 is 0 Å². The summed E-state index contributed by atoms with van der Waals surface area (Å²) in [6, 6.07) is 13.8. The molecule has 0 aromatic heterocycles. The average Bonchev–Trinajstić information content (AvgIpc) is 2.48. The van der Waals surface area contributed by atoms with Crippen molar-refractivity contribution in [2.75, 3.05) is 11.3 Å². The molecule has 5 heteroatoms. The number of hydrogen-bond acceptors (Lipinski definition) is 3. The molecule has 0 aliphatic carbocycles. The summed E-state index contributed by atoms with van der Waals surface area (Å²) in [6.07, 6.45) is 0. The van der Waals surface area contributed by atoms with Gasteiger partial charge in [0.25, 0.3) is 10.0 Å². The average molecular weight is 333 g/mol. The fourth-order valence-electron chi connectivity index (χ4n) is 2.13. The maximum atomic E-state index is 12.4. The smallest absolute Gasteiger partial charge is 0.261 e. The first-order valence-corrected chi connectivity index (χ1v) is 9.07. The summed E-state index contributed by atoms with van der Waals surface area (Å²) in [4.78, 5) is 0.249. The van der Waals surface area contributed by atoms with E-state index in [2.05, 4.69) is 25.5 Å². The number of nitrogens with one attached hydrogen (secondary N) is 1. The Morgan fingerprint density at radius 2 is 1.52 bits per heavy atom. The van der Waals surface area contributed by atoms with Gasteiger partial charge in [-0.15, -0.1) is 0 Å². The molecule has 0 saturated carbocycles. The van der Waals surface area contributed by atoms with Crippen molar-refractivity contribution in [3.8, 4) is 5.75 Å². The molecule has 0 amide bonds. The van der Waals surface area contributed by atoms with Gasteiger partial charge in [-0.1, -0.05) is 32.9 Å². The van der Waals surface area contributed by atoms with Gasteiger partial charge in [0.05, 0.1) is 11.5 Å². The zero-order chi connectivity index (χ0) is 17.1. The summed E-state index contributed by atoms with van der Waals surface area (Å²) in [5.41, 5.74) is 1.59. The molecule has 0 spiro atoms. The molecular formula is C18H23NO3S. The van der Waals surface area contributed by atoms with Gasteiger partial charge in [0.15, 0.2) is 0 Å². The Kier molecular flexibility index (Phi) is 5.00. The van der Waals surface area contributed by atoms with Crippen LogP contribution in [0.25, 0.3) is 0 Å². The van der Waals surface area contributed by atoms with Crippen molar-refractivity contribution in [1.82, 2.24) is 0 Å². The topological polar surface area (TPSA) is 55.4 Å². The summed E-state index contributed by atoms with van der Waals surface area (Å²) in [5.74, 6) is 0.713. The van der Waals surface area contributed by atoms with E-state index in [0.717, 1.165) is 5.56 Å². The second-order valence-electron chi connectivity index (χ2n) is 6.34. The molecule has 0 radical (unpaired) electrons. The first-order chi connectivity index (χ1) is 10.7. The van der Waals surface area contributed by atoms with Crippen molar-refractivity contribution in [1.29, 1.82) is 0 Å². The predicted molar refractivity (Wildman–Crippen MR) is 93.6 cm³/mol. The molecule has 1 N–H and O–H groups in total. The van der Waals surface area contributed by atoms with E-state index in [1.807, 2.05) is 19.1 Å². The van der Waals surface area contributed by atoms with Gasteiger partial charge < -0.3 is 4.74 Å². The van der Waals surface area contributed by atoms with Crippen molar-refractivity contribution >= 4 is 15.7 Å². The molecule has 2 aromatic carbocycles. The number of ether oxygens (including phenoxy) is 1. The van der Waals surface area contributed by atoms with E-state index >= 15 is 0 Å². The minimum absolute atomic E-state index is 0.00910. The van der Waals surface area contributed by atoms with Gasteiger partial charge in [-0.3, -0.25) is 4.72 Å². The first kappa shape index (κ1) is 17.3. The number of anilines is 1. The third kappa shape index (κ3) is 4.48. The van der Waals surface area contributed by atoms with Crippen LogP contribution in [0, 0.1) is 0 Å². The molecule has 2 aromatic rings. The van der Waals surface area contributed by atoms with Crippen molar-refractivity contribution in [3.05, 3.63) is 54.1 Å². The minimum Gasteiger partial charge on any atom is -0.494 e. The van der Waals surface area contributed by atoms with Crippen LogP contribution in [0.5, 0.6) is 5.75 Å². The summed E-state index contributed by atoms with van der Waals surface area (Å²) >= 11 is 0. The van der Waals surface area contributed by atoms with E-state index in [1.54, 1.807) is 36.4 Å². The molecule has 0 bridgehead atoms. The molecular weight excluding hydrogens is 310 g/mol. The van der Waals surface area contributed by atoms with E-state index in [9.17, 15) is 8.42 Å². The van der Waals surface area contributed by atoms with E-state index in [4.69, 9.17) is 4.74 Å². The van der Waals surface area contributed by atoms with Crippen molar-refractivity contribution in [2.24, 2.45) is 0 Å². The lowest BCUT2D eigenvalue weighted by Crippen LogP contribution is -2.14. The normalized spacial score (nSPS) is 12.0. The highest BCUT2D eigenvalue weighted by Crippen LogP contribution is 2.24. The molecule has 4 nitrogen and oxygen atoms in total. The van der Waals surface area contributed by atoms with Crippen LogP contribution in [0.3, 0.4) is 0 Å². The summed E-state index contributed by atoms with van der Waals surface area (Å²) < 4.78 is 32.8. The van der Waals surface area contributed by atoms with Crippen molar-refractivity contribution in [2.45, 2.75) is 38.0 Å². The molecule has 0 saturated heterocycles. The van der Waals surface area contributed by atoms with Gasteiger partial charge in [-0.05, 0) is 54.3 Å². The van der Waals surface area contributed by atoms with Gasteiger partial charge in [0, 0.05) is 5.69 Å². The zero-order valence-electron chi connectivity index (χ0n) is 14.0. The van der Waals surface area contributed by atoms with E-state index in [-0.39, 0.29) is 10.3 Å². The Labute approximate surface area is 138 Å². The SMILES string of the molecule is CCOc1ccc(NS(=O)(=O)c2ccc(C(C)(C)C)cc2)cc1. The lowest BCUT2D eigenvalue weighted by molar-refractivity contribution is 0.340. The van der Waals surface area contributed by atoms with Crippen LogP contribution in [0.1, 0.15) is 33.3 Å². The van der Waals surface area contributed by atoms with E-state index < -0.39 is 10.0 Å². The lowest BCUT2D eigenvalue weighted by Gasteiger charge is -2.19. The Bertz CT molecular complexity index is 742. The Morgan fingerprint density at radius 1 is 0.957 bits per heavy atom. The molecule has 0 unspecified atom stereocenters. The lowest BCUT2D eigenvalue weighted by atomic mass is 9.87. The second kappa shape index (κ2) is 6.62. The van der Waals surface area contributed by atoms with Crippen LogP contribution in [-0.4, -0.2) is 15.0 Å². The maximum absolute atomic E-state index is 12.4. The molecule has 2 rings (SSSR count). The van der Waals surface area contributed by atoms with Crippen molar-refractivity contribution in [3.63, 3.8) is 0 Å². The Balaban J connectivity index is 2.18. The highest BCUT2D eigenvalue weighted by Gasteiger charge is 2.17. The zero-order valence-corrected chi connectivity index (χ0v) is 14.8. The van der Waals surface area contributed by atoms with Gasteiger partial charge in [0.2, 0.25) is 0 Å².